The Labute approximate surface area is 155 Å². The third-order valence-corrected chi connectivity index (χ3v) is 4.55. The Balaban J connectivity index is 1.57. The first kappa shape index (κ1) is 18.0. The molecule has 1 N–H and O–H groups in total. The van der Waals surface area contributed by atoms with Gasteiger partial charge in [0.05, 0.1) is 11.8 Å². The molecular weight excluding hydrogens is 356 g/mol. The van der Waals surface area contributed by atoms with Gasteiger partial charge < -0.3 is 10.1 Å². The molecule has 1 aliphatic carbocycles. The number of halogens is 1. The van der Waals surface area contributed by atoms with Crippen molar-refractivity contribution in [2.45, 2.75) is 25.3 Å². The second-order valence-electron chi connectivity index (χ2n) is 6.29. The Kier molecular flexibility index (Phi) is 4.96. The number of rotatable bonds is 6. The molecule has 0 spiro atoms. The molecular formula is C18H17ClN4O3. The highest BCUT2D eigenvalue weighted by Crippen LogP contribution is 2.39. The lowest BCUT2D eigenvalue weighted by molar-refractivity contribution is -0.144. The van der Waals surface area contributed by atoms with E-state index in [0.717, 1.165) is 12.8 Å². The molecule has 0 aliphatic heterocycles. The predicted molar refractivity (Wildman–Crippen MR) is 95.1 cm³/mol. The van der Waals surface area contributed by atoms with Crippen LogP contribution in [0.1, 0.15) is 25.5 Å². The number of esters is 1. The highest BCUT2D eigenvalue weighted by molar-refractivity contribution is 6.31. The molecule has 3 rings (SSSR count). The zero-order valence-corrected chi connectivity index (χ0v) is 14.9. The van der Waals surface area contributed by atoms with E-state index in [4.69, 9.17) is 16.3 Å². The zero-order chi connectivity index (χ0) is 18.7. The van der Waals surface area contributed by atoms with Gasteiger partial charge in [0, 0.05) is 12.3 Å². The number of amides is 1. The van der Waals surface area contributed by atoms with E-state index in [9.17, 15) is 14.9 Å². The number of fused-ring (bicyclic) bond motifs is 1. The molecule has 26 heavy (non-hydrogen) atoms. The van der Waals surface area contributed by atoms with Gasteiger partial charge in [-0.05, 0) is 43.9 Å². The Hall–Kier alpha value is -2.85. The van der Waals surface area contributed by atoms with Crippen LogP contribution in [0.3, 0.4) is 0 Å². The van der Waals surface area contributed by atoms with Crippen LogP contribution >= 0.6 is 11.6 Å². The van der Waals surface area contributed by atoms with Crippen molar-refractivity contribution >= 4 is 35.2 Å². The molecule has 2 aromatic rings. The molecule has 1 unspecified atom stereocenters. The lowest BCUT2D eigenvalue weighted by Gasteiger charge is -2.22. The van der Waals surface area contributed by atoms with Crippen molar-refractivity contribution in [3.63, 3.8) is 0 Å². The number of carbonyl (C=O) groups excluding carboxylic acids is 2. The van der Waals surface area contributed by atoms with Crippen molar-refractivity contribution < 1.29 is 14.3 Å². The van der Waals surface area contributed by atoms with Crippen LogP contribution in [0, 0.1) is 17.2 Å². The van der Waals surface area contributed by atoms with Crippen molar-refractivity contribution in [3.05, 3.63) is 41.3 Å². The van der Waals surface area contributed by atoms with Crippen LogP contribution in [0.15, 0.2) is 30.5 Å². The van der Waals surface area contributed by atoms with Crippen molar-refractivity contribution in [1.82, 2.24) is 14.7 Å². The van der Waals surface area contributed by atoms with Crippen LogP contribution < -0.4 is 5.32 Å². The predicted octanol–water partition coefficient (Wildman–Crippen LogP) is 2.35. The van der Waals surface area contributed by atoms with E-state index in [1.165, 1.54) is 12.2 Å². The molecule has 1 fully saturated rings. The van der Waals surface area contributed by atoms with Crippen molar-refractivity contribution in [2.75, 3.05) is 6.61 Å². The zero-order valence-electron chi connectivity index (χ0n) is 14.1. The summed E-state index contributed by atoms with van der Waals surface area (Å²) in [6, 6.07) is 7.55. The summed E-state index contributed by atoms with van der Waals surface area (Å²) in [6.07, 6.45) is 6.25. The maximum absolute atomic E-state index is 11.9. The first-order valence-electron chi connectivity index (χ1n) is 8.12. The van der Waals surface area contributed by atoms with E-state index in [2.05, 4.69) is 16.4 Å². The summed E-state index contributed by atoms with van der Waals surface area (Å²) in [5.41, 5.74) is 0.277. The molecule has 8 heteroatoms. The Morgan fingerprint density at radius 3 is 3.00 bits per heavy atom. The van der Waals surface area contributed by atoms with Crippen molar-refractivity contribution in [1.29, 1.82) is 5.26 Å². The second-order valence-corrected chi connectivity index (χ2v) is 6.65. The number of ether oxygens (including phenoxy) is 1. The maximum Gasteiger partial charge on any atom is 0.331 e. The molecule has 2 aromatic heterocycles. The summed E-state index contributed by atoms with van der Waals surface area (Å²) in [7, 11) is 0. The first-order valence-corrected chi connectivity index (χ1v) is 8.50. The van der Waals surface area contributed by atoms with Gasteiger partial charge in [0.1, 0.15) is 11.2 Å². The van der Waals surface area contributed by atoms with Gasteiger partial charge in [-0.2, -0.15) is 5.26 Å². The number of nitriles is 1. The van der Waals surface area contributed by atoms with Crippen molar-refractivity contribution in [3.8, 4) is 6.07 Å². The molecule has 0 radical (unpaired) electrons. The quantitative estimate of drug-likeness (QED) is 0.620. The number of carbonyl (C=O) groups is 2. The number of aromatic nitrogens is 2. The summed E-state index contributed by atoms with van der Waals surface area (Å²) < 4.78 is 6.65. The van der Waals surface area contributed by atoms with E-state index >= 15 is 0 Å². The molecule has 2 heterocycles. The molecule has 1 aliphatic rings. The Bertz CT molecular complexity index is 926. The lowest BCUT2D eigenvalue weighted by Crippen LogP contribution is -2.48. The highest BCUT2D eigenvalue weighted by Gasteiger charge is 2.43. The van der Waals surface area contributed by atoms with Gasteiger partial charge in [-0.15, -0.1) is 0 Å². The van der Waals surface area contributed by atoms with E-state index in [0.29, 0.717) is 11.3 Å². The molecule has 1 saturated carbocycles. The number of hydrogen-bond donors (Lipinski definition) is 1. The SMILES string of the molecule is CC(C#N)(NC(=O)COC(=O)C=Cc1c(Cl)nc2ccccn12)C1CC1. The highest BCUT2D eigenvalue weighted by atomic mass is 35.5. The summed E-state index contributed by atoms with van der Waals surface area (Å²) in [4.78, 5) is 27.9. The monoisotopic (exact) mass is 372 g/mol. The normalized spacial score (nSPS) is 16.2. The van der Waals surface area contributed by atoms with Crippen molar-refractivity contribution in [2.24, 2.45) is 5.92 Å². The lowest BCUT2D eigenvalue weighted by atomic mass is 9.98. The minimum atomic E-state index is -0.913. The number of pyridine rings is 1. The largest absolute Gasteiger partial charge is 0.452 e. The second kappa shape index (κ2) is 7.18. The molecule has 134 valence electrons. The fourth-order valence-electron chi connectivity index (χ4n) is 2.67. The maximum atomic E-state index is 11.9. The van der Waals surface area contributed by atoms with Gasteiger partial charge >= 0.3 is 5.97 Å². The van der Waals surface area contributed by atoms with E-state index < -0.39 is 24.0 Å². The third kappa shape index (κ3) is 3.86. The van der Waals surface area contributed by atoms with Gasteiger partial charge in [0.15, 0.2) is 11.8 Å². The molecule has 1 atom stereocenters. The number of imidazole rings is 1. The minimum Gasteiger partial charge on any atom is -0.452 e. The number of nitrogens with zero attached hydrogens (tertiary/aromatic N) is 3. The van der Waals surface area contributed by atoms with Crippen LogP contribution in [0.2, 0.25) is 5.15 Å². The van der Waals surface area contributed by atoms with E-state index in [-0.39, 0.29) is 11.1 Å². The van der Waals surface area contributed by atoms with Crippen LogP contribution in [0.25, 0.3) is 11.7 Å². The molecule has 0 aromatic carbocycles. The van der Waals surface area contributed by atoms with E-state index in [1.807, 2.05) is 12.1 Å². The standard InChI is InChI=1S/C18H17ClN4O3/c1-18(11-20,12-5-6-12)22-15(24)10-26-16(25)8-7-13-17(19)21-14-4-2-3-9-23(13)14/h2-4,7-9,12H,5-6,10H2,1H3,(H,22,24). The van der Waals surface area contributed by atoms with Gasteiger partial charge in [-0.3, -0.25) is 9.20 Å². The fraction of sp³-hybridized carbons (Fsp3) is 0.333. The van der Waals surface area contributed by atoms with Crippen LogP contribution in [0.5, 0.6) is 0 Å². The first-order chi connectivity index (χ1) is 12.4. The average Bonchev–Trinajstić information content (AvgIpc) is 3.42. The van der Waals surface area contributed by atoms with Gasteiger partial charge in [0.2, 0.25) is 0 Å². The summed E-state index contributed by atoms with van der Waals surface area (Å²) in [5, 5.41) is 12.1. The smallest absolute Gasteiger partial charge is 0.331 e. The summed E-state index contributed by atoms with van der Waals surface area (Å²) >= 11 is 6.07. The Morgan fingerprint density at radius 1 is 1.54 bits per heavy atom. The molecule has 0 bridgehead atoms. The van der Waals surface area contributed by atoms with Crippen LogP contribution in [-0.4, -0.2) is 33.4 Å². The average molecular weight is 373 g/mol. The van der Waals surface area contributed by atoms with Crippen LogP contribution in [-0.2, 0) is 14.3 Å². The van der Waals surface area contributed by atoms with Gasteiger partial charge in [-0.25, -0.2) is 9.78 Å². The minimum absolute atomic E-state index is 0.157. The third-order valence-electron chi connectivity index (χ3n) is 4.27. The van der Waals surface area contributed by atoms with Gasteiger partial charge in [0.25, 0.3) is 5.91 Å². The fourth-order valence-corrected chi connectivity index (χ4v) is 2.92. The summed E-state index contributed by atoms with van der Waals surface area (Å²) in [5.74, 6) is -1.04. The molecule has 0 saturated heterocycles. The number of nitrogens with one attached hydrogen (secondary N) is 1. The Morgan fingerprint density at radius 2 is 2.31 bits per heavy atom. The molecule has 7 nitrogen and oxygen atoms in total. The molecule has 1 amide bonds. The number of hydrogen-bond acceptors (Lipinski definition) is 5. The summed E-state index contributed by atoms with van der Waals surface area (Å²) in [6.45, 7) is 1.23. The topological polar surface area (TPSA) is 96.5 Å². The van der Waals surface area contributed by atoms with Gasteiger partial charge in [-0.1, -0.05) is 17.7 Å². The van der Waals surface area contributed by atoms with Crippen LogP contribution in [0.4, 0.5) is 0 Å². The van der Waals surface area contributed by atoms with E-state index in [1.54, 1.807) is 23.6 Å².